The number of phenols is 1. The number of rotatable bonds is 2. The molecule has 3 aliphatic rings. The Balaban J connectivity index is 1.74. The Bertz CT molecular complexity index is 1130. The molecule has 0 radical (unpaired) electrons. The third-order valence-electron chi connectivity index (χ3n) is 8.19. The lowest BCUT2D eigenvalue weighted by Crippen LogP contribution is -2.54. The van der Waals surface area contributed by atoms with Gasteiger partial charge in [-0.05, 0) is 69.1 Å². The number of hydrogen-bond donors (Lipinski definition) is 1. The van der Waals surface area contributed by atoms with Gasteiger partial charge < -0.3 is 19.3 Å². The molecule has 3 heterocycles. The summed E-state index contributed by atoms with van der Waals surface area (Å²) in [5.41, 5.74) is 2.75. The molecule has 6 heteroatoms. The summed E-state index contributed by atoms with van der Waals surface area (Å²) in [4.78, 5) is 25.7. The van der Waals surface area contributed by atoms with Crippen LogP contribution in [-0.2, 0) is 19.0 Å². The molecule has 0 aromatic heterocycles. The van der Waals surface area contributed by atoms with Crippen LogP contribution in [0.2, 0.25) is 0 Å². The summed E-state index contributed by atoms with van der Waals surface area (Å²) in [6, 6.07) is 3.08. The van der Waals surface area contributed by atoms with E-state index in [0.717, 1.165) is 32.1 Å². The number of aromatic hydroxyl groups is 1. The molecule has 2 saturated heterocycles. The lowest BCUT2D eigenvalue weighted by molar-refractivity contribution is -0.334. The molecule has 3 aliphatic heterocycles. The second-order valence-electron chi connectivity index (χ2n) is 11.5. The van der Waals surface area contributed by atoms with Gasteiger partial charge in [0.2, 0.25) is 0 Å². The average molecular weight is 523 g/mol. The number of esters is 1. The number of carbonyl (C=O) groups is 2. The molecule has 0 saturated carbocycles. The molecule has 6 atom stereocenters. The van der Waals surface area contributed by atoms with Crippen LogP contribution in [0.15, 0.2) is 42.0 Å². The van der Waals surface area contributed by atoms with Gasteiger partial charge in [0.15, 0.2) is 12.1 Å². The molecule has 6 unspecified atom stereocenters. The van der Waals surface area contributed by atoms with Gasteiger partial charge in [-0.3, -0.25) is 4.79 Å². The fourth-order valence-corrected chi connectivity index (χ4v) is 6.02. The van der Waals surface area contributed by atoms with Crippen LogP contribution in [0.3, 0.4) is 0 Å². The lowest BCUT2D eigenvalue weighted by atomic mass is 9.85. The number of carbonyl (C=O) groups excluding carboxylic acids is 2. The van der Waals surface area contributed by atoms with Gasteiger partial charge in [-0.25, -0.2) is 4.79 Å². The van der Waals surface area contributed by atoms with E-state index in [1.54, 1.807) is 19.1 Å². The van der Waals surface area contributed by atoms with Crippen LogP contribution in [0.25, 0.3) is 5.57 Å². The van der Waals surface area contributed by atoms with E-state index >= 15 is 0 Å². The molecule has 2 bridgehead atoms. The molecule has 2 fully saturated rings. The first-order valence-electron chi connectivity index (χ1n) is 14.0. The Morgan fingerprint density at radius 1 is 1.13 bits per heavy atom. The zero-order chi connectivity index (χ0) is 27.4. The molecule has 38 heavy (non-hydrogen) atoms. The monoisotopic (exact) mass is 522 g/mol. The quantitative estimate of drug-likeness (QED) is 0.260. The molecule has 1 spiro atoms. The second-order valence-corrected chi connectivity index (χ2v) is 11.5. The predicted octanol–water partition coefficient (Wildman–Crippen LogP) is 6.84. The van der Waals surface area contributed by atoms with Crippen molar-refractivity contribution < 1.29 is 28.9 Å². The number of aldehydes is 1. The molecule has 1 N–H and O–H groups in total. The Kier molecular flexibility index (Phi) is 8.94. The van der Waals surface area contributed by atoms with Gasteiger partial charge in [-0.15, -0.1) is 0 Å². The summed E-state index contributed by atoms with van der Waals surface area (Å²) < 4.78 is 19.4. The number of fused-ring (bicyclic) bond motifs is 3. The standard InChI is InChI=1S/C32H42O6/c1-6-30-22(4)12-13-32(38-30)18-26-16-25(37-32)11-10-21(3)14-20(2)8-7-9-24(19-33)27-17-29(34)23(5)15-28(27)31(35)36-26/h7-10,15,17,19-20,22,25-26,30,34H,6,11-14,16,18H2,1-5H3. The van der Waals surface area contributed by atoms with Crippen molar-refractivity contribution >= 4 is 17.8 Å². The van der Waals surface area contributed by atoms with Crippen molar-refractivity contribution in [3.8, 4) is 5.75 Å². The van der Waals surface area contributed by atoms with Gasteiger partial charge in [0.1, 0.15) is 11.9 Å². The van der Waals surface area contributed by atoms with Crippen molar-refractivity contribution in [3.63, 3.8) is 0 Å². The van der Waals surface area contributed by atoms with Crippen LogP contribution in [0.1, 0.15) is 94.1 Å². The van der Waals surface area contributed by atoms with Crippen LogP contribution in [-0.4, -0.2) is 41.5 Å². The second kappa shape index (κ2) is 12.0. The third kappa shape index (κ3) is 6.47. The van der Waals surface area contributed by atoms with Crippen molar-refractivity contribution in [3.05, 3.63) is 58.7 Å². The maximum absolute atomic E-state index is 13.6. The Labute approximate surface area is 226 Å². The fourth-order valence-electron chi connectivity index (χ4n) is 6.02. The summed E-state index contributed by atoms with van der Waals surface area (Å²) >= 11 is 0. The summed E-state index contributed by atoms with van der Waals surface area (Å²) in [5.74, 6) is -0.541. The zero-order valence-corrected chi connectivity index (χ0v) is 23.4. The molecule has 0 amide bonds. The van der Waals surface area contributed by atoms with Crippen LogP contribution in [0.5, 0.6) is 5.75 Å². The smallest absolute Gasteiger partial charge is 0.339 e. The first kappa shape index (κ1) is 28.3. The van der Waals surface area contributed by atoms with Crippen molar-refractivity contribution in [2.45, 2.75) is 104 Å². The van der Waals surface area contributed by atoms with E-state index in [-0.39, 0.29) is 29.4 Å². The third-order valence-corrected chi connectivity index (χ3v) is 8.19. The van der Waals surface area contributed by atoms with Crippen LogP contribution in [0, 0.1) is 18.8 Å². The van der Waals surface area contributed by atoms with Crippen molar-refractivity contribution in [2.75, 3.05) is 0 Å². The number of benzene rings is 1. The minimum atomic E-state index is -0.772. The van der Waals surface area contributed by atoms with Crippen molar-refractivity contribution in [1.82, 2.24) is 0 Å². The normalized spacial score (nSPS) is 32.7. The van der Waals surface area contributed by atoms with Gasteiger partial charge >= 0.3 is 5.97 Å². The van der Waals surface area contributed by atoms with Crippen LogP contribution in [0.4, 0.5) is 0 Å². The van der Waals surface area contributed by atoms with Gasteiger partial charge in [-0.1, -0.05) is 50.6 Å². The summed E-state index contributed by atoms with van der Waals surface area (Å²) in [6.45, 7) is 10.3. The van der Waals surface area contributed by atoms with Gasteiger partial charge in [0, 0.05) is 30.4 Å². The highest BCUT2D eigenvalue weighted by atomic mass is 16.7. The molecule has 6 nitrogen and oxygen atoms in total. The van der Waals surface area contributed by atoms with E-state index < -0.39 is 17.9 Å². The minimum absolute atomic E-state index is 0.0252. The predicted molar refractivity (Wildman–Crippen MR) is 148 cm³/mol. The highest BCUT2D eigenvalue weighted by Crippen LogP contribution is 2.43. The SMILES string of the molecule is CCC1OC2(CCC1C)CC1CC(CC=C(C)CC(C)C=CC=C(C=O)c3cc(O)c(C)cc3C(=O)O1)O2. The first-order valence-corrected chi connectivity index (χ1v) is 14.0. The lowest BCUT2D eigenvalue weighted by Gasteiger charge is -2.49. The largest absolute Gasteiger partial charge is 0.508 e. The highest BCUT2D eigenvalue weighted by Gasteiger charge is 2.48. The zero-order valence-electron chi connectivity index (χ0n) is 23.4. The van der Waals surface area contributed by atoms with Crippen molar-refractivity contribution in [1.29, 1.82) is 0 Å². The van der Waals surface area contributed by atoms with E-state index in [0.29, 0.717) is 41.7 Å². The summed E-state index contributed by atoms with van der Waals surface area (Å²) in [5, 5.41) is 10.4. The Morgan fingerprint density at radius 3 is 2.66 bits per heavy atom. The van der Waals surface area contributed by atoms with Gasteiger partial charge in [0.25, 0.3) is 0 Å². The molecule has 1 aromatic rings. The van der Waals surface area contributed by atoms with Gasteiger partial charge in [0.05, 0.1) is 17.8 Å². The maximum Gasteiger partial charge on any atom is 0.339 e. The Morgan fingerprint density at radius 2 is 1.92 bits per heavy atom. The number of ether oxygens (including phenoxy) is 3. The summed E-state index contributed by atoms with van der Waals surface area (Å²) in [7, 11) is 0. The molecular weight excluding hydrogens is 480 g/mol. The number of phenolic OH excluding ortho intramolecular Hbond substituents is 1. The first-order chi connectivity index (χ1) is 18.1. The van der Waals surface area contributed by atoms with Crippen LogP contribution >= 0.6 is 0 Å². The molecule has 1 aromatic carbocycles. The van der Waals surface area contributed by atoms with E-state index in [9.17, 15) is 14.7 Å². The van der Waals surface area contributed by atoms with E-state index in [4.69, 9.17) is 14.2 Å². The summed E-state index contributed by atoms with van der Waals surface area (Å²) in [6.07, 6.45) is 13.4. The van der Waals surface area contributed by atoms with Gasteiger partial charge in [-0.2, -0.15) is 0 Å². The molecule has 206 valence electrons. The maximum atomic E-state index is 13.6. The Hall–Kier alpha value is -2.70. The van der Waals surface area contributed by atoms with Crippen LogP contribution < -0.4 is 0 Å². The average Bonchev–Trinajstić information content (AvgIpc) is 2.88. The number of hydrogen-bond acceptors (Lipinski definition) is 6. The minimum Gasteiger partial charge on any atom is -0.508 e. The molecule has 0 aliphatic carbocycles. The van der Waals surface area contributed by atoms with E-state index in [1.807, 2.05) is 12.2 Å². The molecular formula is C32H42O6. The van der Waals surface area contributed by atoms with E-state index in [2.05, 4.69) is 33.8 Å². The topological polar surface area (TPSA) is 82.1 Å². The number of aryl methyl sites for hydroxylation is 1. The fraction of sp³-hybridized carbons (Fsp3) is 0.562. The van der Waals surface area contributed by atoms with Crippen molar-refractivity contribution in [2.24, 2.45) is 11.8 Å². The molecule has 4 rings (SSSR count). The van der Waals surface area contributed by atoms with E-state index in [1.165, 1.54) is 11.6 Å². The number of allylic oxidation sites excluding steroid dienone is 5. The highest BCUT2D eigenvalue weighted by molar-refractivity contribution is 6.12.